The molecule has 1 aliphatic heterocycles. The Balaban J connectivity index is 1.93. The number of fused-ring (bicyclic) bond motifs is 1. The van der Waals surface area contributed by atoms with Crippen LogP contribution in [-0.2, 0) is 9.53 Å². The van der Waals surface area contributed by atoms with Crippen LogP contribution in [0, 0.1) is 11.3 Å². The van der Waals surface area contributed by atoms with Gasteiger partial charge in [0.05, 0.1) is 37.1 Å². The van der Waals surface area contributed by atoms with E-state index in [4.69, 9.17) is 9.84 Å². The second-order valence-corrected chi connectivity index (χ2v) is 6.64. The fraction of sp³-hybridized carbons (Fsp3) is 0.444. The molecule has 0 radical (unpaired) electrons. The van der Waals surface area contributed by atoms with Gasteiger partial charge in [-0.1, -0.05) is 0 Å². The van der Waals surface area contributed by atoms with Gasteiger partial charge in [-0.05, 0) is 12.1 Å². The van der Waals surface area contributed by atoms with Gasteiger partial charge in [-0.2, -0.15) is 18.4 Å². The van der Waals surface area contributed by atoms with E-state index in [1.807, 2.05) is 6.07 Å². The molecule has 1 aromatic heterocycles. The first-order chi connectivity index (χ1) is 14.2. The van der Waals surface area contributed by atoms with Gasteiger partial charge in [-0.3, -0.25) is 14.8 Å². The average Bonchev–Trinajstić information content (AvgIpc) is 2.75. The van der Waals surface area contributed by atoms with Gasteiger partial charge in [0.2, 0.25) is 0 Å². The van der Waals surface area contributed by atoms with E-state index in [9.17, 15) is 28.3 Å². The Morgan fingerprint density at radius 1 is 1.33 bits per heavy atom. The summed E-state index contributed by atoms with van der Waals surface area (Å²) in [5.41, 5.74) is 0.964. The number of morpholine rings is 1. The Hall–Kier alpha value is -3.01. The van der Waals surface area contributed by atoms with E-state index in [0.717, 1.165) is 0 Å². The summed E-state index contributed by atoms with van der Waals surface area (Å²) >= 11 is 0. The standard InChI is InChI=1S/C18H18F3N5O4/c19-18(20,21)14-8-26(7-13(30-14)17(29)25-6-11(28)9-27)12-2-1-10(5-22)15-16(12)24-4-3-23-15/h1-4,11,13-14,27-28H,6-9H2,(H,25,29). The summed E-state index contributed by atoms with van der Waals surface area (Å²) in [7, 11) is 0. The summed E-state index contributed by atoms with van der Waals surface area (Å²) in [6.07, 6.45) is -6.98. The Bertz CT molecular complexity index is 965. The number of benzene rings is 1. The number of hydrogen-bond donors (Lipinski definition) is 3. The molecule has 1 aromatic carbocycles. The van der Waals surface area contributed by atoms with Crippen LogP contribution < -0.4 is 10.2 Å². The molecule has 1 amide bonds. The fourth-order valence-corrected chi connectivity index (χ4v) is 3.07. The minimum Gasteiger partial charge on any atom is -0.394 e. The number of anilines is 1. The van der Waals surface area contributed by atoms with Crippen molar-refractivity contribution in [1.29, 1.82) is 5.26 Å². The topological polar surface area (TPSA) is 132 Å². The molecule has 1 aliphatic rings. The molecule has 3 unspecified atom stereocenters. The number of carbonyl (C=O) groups is 1. The molecule has 3 rings (SSSR count). The second kappa shape index (κ2) is 8.78. The van der Waals surface area contributed by atoms with Crippen LogP contribution in [0.1, 0.15) is 5.56 Å². The fourth-order valence-electron chi connectivity index (χ4n) is 3.07. The van der Waals surface area contributed by atoms with E-state index in [1.54, 1.807) is 0 Å². The van der Waals surface area contributed by atoms with E-state index in [1.165, 1.54) is 29.4 Å². The molecule has 3 atom stereocenters. The van der Waals surface area contributed by atoms with Crippen molar-refractivity contribution >= 4 is 22.6 Å². The number of carbonyl (C=O) groups excluding carboxylic acids is 1. The zero-order valence-electron chi connectivity index (χ0n) is 15.5. The summed E-state index contributed by atoms with van der Waals surface area (Å²) < 4.78 is 45.3. The van der Waals surface area contributed by atoms with Gasteiger partial charge in [0.15, 0.2) is 12.2 Å². The monoisotopic (exact) mass is 425 g/mol. The predicted molar refractivity (Wildman–Crippen MR) is 97.3 cm³/mol. The van der Waals surface area contributed by atoms with E-state index in [2.05, 4.69) is 15.3 Å². The Morgan fingerprint density at radius 2 is 2.03 bits per heavy atom. The summed E-state index contributed by atoms with van der Waals surface area (Å²) in [5, 5.41) is 29.7. The molecule has 160 valence electrons. The number of nitrogens with zero attached hydrogens (tertiary/aromatic N) is 4. The van der Waals surface area contributed by atoms with Crippen molar-refractivity contribution in [1.82, 2.24) is 15.3 Å². The first kappa shape index (κ1) is 21.7. The van der Waals surface area contributed by atoms with Crippen LogP contribution in [0.25, 0.3) is 11.0 Å². The highest BCUT2D eigenvalue weighted by Crippen LogP contribution is 2.33. The Kier molecular flexibility index (Phi) is 6.35. The Morgan fingerprint density at radius 3 is 2.67 bits per heavy atom. The lowest BCUT2D eigenvalue weighted by Crippen LogP contribution is -2.57. The van der Waals surface area contributed by atoms with Crippen molar-refractivity contribution < 1.29 is 32.9 Å². The number of hydrogen-bond acceptors (Lipinski definition) is 8. The molecule has 0 spiro atoms. The molecular weight excluding hydrogens is 407 g/mol. The third-order valence-corrected chi connectivity index (χ3v) is 4.55. The van der Waals surface area contributed by atoms with Crippen LogP contribution in [-0.4, -0.2) is 76.8 Å². The lowest BCUT2D eigenvalue weighted by molar-refractivity contribution is -0.234. The van der Waals surface area contributed by atoms with E-state index >= 15 is 0 Å². The van der Waals surface area contributed by atoms with E-state index in [0.29, 0.717) is 0 Å². The van der Waals surface area contributed by atoms with E-state index in [-0.39, 0.29) is 35.4 Å². The van der Waals surface area contributed by atoms with Crippen molar-refractivity contribution in [3.8, 4) is 6.07 Å². The molecule has 2 heterocycles. The molecule has 0 bridgehead atoms. The summed E-state index contributed by atoms with van der Waals surface area (Å²) in [4.78, 5) is 21.9. The molecular formula is C18H18F3N5O4. The lowest BCUT2D eigenvalue weighted by Gasteiger charge is -2.39. The molecule has 0 saturated carbocycles. The third-order valence-electron chi connectivity index (χ3n) is 4.55. The van der Waals surface area contributed by atoms with Gasteiger partial charge in [0.25, 0.3) is 5.91 Å². The predicted octanol–water partition coefficient (Wildman–Crippen LogP) is 0.107. The highest BCUT2D eigenvalue weighted by Gasteiger charge is 2.47. The SMILES string of the molecule is N#Cc1ccc(N2CC(C(=O)NCC(O)CO)OC(C(F)(F)F)C2)c2nccnc12. The van der Waals surface area contributed by atoms with Crippen molar-refractivity contribution in [2.24, 2.45) is 0 Å². The quantitative estimate of drug-likeness (QED) is 0.615. The molecule has 1 saturated heterocycles. The summed E-state index contributed by atoms with van der Waals surface area (Å²) in [6.45, 7) is -1.74. The van der Waals surface area contributed by atoms with Crippen molar-refractivity contribution in [3.05, 3.63) is 30.1 Å². The summed E-state index contributed by atoms with van der Waals surface area (Å²) in [5.74, 6) is -0.856. The minimum atomic E-state index is -4.73. The maximum absolute atomic E-state index is 13.4. The van der Waals surface area contributed by atoms with Crippen molar-refractivity contribution in [3.63, 3.8) is 0 Å². The van der Waals surface area contributed by atoms with Gasteiger partial charge in [0, 0.05) is 18.9 Å². The maximum Gasteiger partial charge on any atom is 0.416 e. The van der Waals surface area contributed by atoms with Gasteiger partial charge in [-0.15, -0.1) is 0 Å². The van der Waals surface area contributed by atoms with Crippen LogP contribution in [0.4, 0.5) is 18.9 Å². The largest absolute Gasteiger partial charge is 0.416 e. The zero-order valence-corrected chi connectivity index (χ0v) is 15.5. The van der Waals surface area contributed by atoms with Gasteiger partial charge in [0.1, 0.15) is 17.1 Å². The average molecular weight is 425 g/mol. The number of rotatable bonds is 5. The van der Waals surface area contributed by atoms with Crippen molar-refractivity contribution in [2.75, 3.05) is 31.1 Å². The van der Waals surface area contributed by atoms with Gasteiger partial charge in [-0.25, -0.2) is 0 Å². The van der Waals surface area contributed by atoms with Crippen molar-refractivity contribution in [2.45, 2.75) is 24.5 Å². The molecule has 30 heavy (non-hydrogen) atoms. The smallest absolute Gasteiger partial charge is 0.394 e. The van der Waals surface area contributed by atoms with Crippen LogP contribution in [0.3, 0.4) is 0 Å². The van der Waals surface area contributed by atoms with Crippen LogP contribution in [0.5, 0.6) is 0 Å². The number of ether oxygens (including phenoxy) is 1. The minimum absolute atomic E-state index is 0.217. The number of amides is 1. The first-order valence-corrected chi connectivity index (χ1v) is 8.92. The number of alkyl halides is 3. The number of halogens is 3. The number of aliphatic hydroxyl groups is 2. The normalized spacial score (nSPS) is 20.6. The lowest BCUT2D eigenvalue weighted by atomic mass is 10.1. The van der Waals surface area contributed by atoms with E-state index < -0.39 is 43.5 Å². The molecule has 0 aliphatic carbocycles. The second-order valence-electron chi connectivity index (χ2n) is 6.64. The number of aromatic nitrogens is 2. The third kappa shape index (κ3) is 4.59. The number of nitriles is 1. The van der Waals surface area contributed by atoms with Gasteiger partial charge >= 0.3 is 6.18 Å². The van der Waals surface area contributed by atoms with Crippen LogP contribution in [0.2, 0.25) is 0 Å². The molecule has 2 aromatic rings. The van der Waals surface area contributed by atoms with Gasteiger partial charge < -0.3 is 25.2 Å². The molecule has 9 nitrogen and oxygen atoms in total. The van der Waals surface area contributed by atoms with Crippen LogP contribution >= 0.6 is 0 Å². The first-order valence-electron chi connectivity index (χ1n) is 8.92. The highest BCUT2D eigenvalue weighted by atomic mass is 19.4. The highest BCUT2D eigenvalue weighted by molar-refractivity contribution is 5.92. The number of aliphatic hydroxyl groups excluding tert-OH is 2. The zero-order chi connectivity index (χ0) is 21.9. The molecule has 1 fully saturated rings. The summed E-state index contributed by atoms with van der Waals surface area (Å²) in [6, 6.07) is 4.84. The maximum atomic E-state index is 13.4. The Labute approximate surface area is 168 Å². The number of nitrogens with one attached hydrogen (secondary N) is 1. The van der Waals surface area contributed by atoms with Crippen LogP contribution in [0.15, 0.2) is 24.5 Å². The molecule has 3 N–H and O–H groups in total. The molecule has 12 heteroatoms.